The highest BCUT2D eigenvalue weighted by Gasteiger charge is 2.29. The lowest BCUT2D eigenvalue weighted by Crippen LogP contribution is -2.37. The molecule has 0 radical (unpaired) electrons. The van der Waals surface area contributed by atoms with Gasteiger partial charge in [-0.25, -0.2) is 4.79 Å². The normalized spacial score (nSPS) is 19.2. The van der Waals surface area contributed by atoms with Gasteiger partial charge < -0.3 is 14.4 Å². The van der Waals surface area contributed by atoms with E-state index in [1.807, 2.05) is 24.3 Å². The van der Waals surface area contributed by atoms with Crippen molar-refractivity contribution in [2.24, 2.45) is 5.92 Å². The van der Waals surface area contributed by atoms with E-state index >= 15 is 0 Å². The molecular formula is C24H40N2O3. The zero-order valence-corrected chi connectivity index (χ0v) is 18.6. The average molecular weight is 405 g/mol. The SMILES string of the molecule is CCCCCCCCOc1ccccc1NC(=O)O[C@@H]1CCCC[C@H]1CN(C)C. The van der Waals surface area contributed by atoms with Crippen LogP contribution in [0, 0.1) is 5.92 Å². The van der Waals surface area contributed by atoms with Crippen molar-refractivity contribution in [1.82, 2.24) is 4.90 Å². The molecule has 1 aromatic carbocycles. The third-order valence-electron chi connectivity index (χ3n) is 5.58. The Morgan fingerprint density at radius 3 is 2.59 bits per heavy atom. The Labute approximate surface area is 177 Å². The van der Waals surface area contributed by atoms with Crippen LogP contribution in [0.1, 0.15) is 71.1 Å². The second-order valence-corrected chi connectivity index (χ2v) is 8.49. The molecule has 1 saturated carbocycles. The summed E-state index contributed by atoms with van der Waals surface area (Å²) in [7, 11) is 4.15. The molecule has 2 atom stereocenters. The van der Waals surface area contributed by atoms with Gasteiger partial charge in [-0.05, 0) is 51.9 Å². The number of hydrogen-bond acceptors (Lipinski definition) is 4. The molecule has 0 saturated heterocycles. The summed E-state index contributed by atoms with van der Waals surface area (Å²) in [5.41, 5.74) is 0.684. The summed E-state index contributed by atoms with van der Waals surface area (Å²) in [6.45, 7) is 3.86. The van der Waals surface area contributed by atoms with Crippen LogP contribution >= 0.6 is 0 Å². The molecule has 29 heavy (non-hydrogen) atoms. The van der Waals surface area contributed by atoms with Crippen LogP contribution in [0.4, 0.5) is 10.5 Å². The van der Waals surface area contributed by atoms with Gasteiger partial charge in [-0.3, -0.25) is 5.32 Å². The third kappa shape index (κ3) is 9.07. The zero-order valence-electron chi connectivity index (χ0n) is 18.6. The van der Waals surface area contributed by atoms with Gasteiger partial charge in [0.1, 0.15) is 11.9 Å². The number of rotatable bonds is 12. The Morgan fingerprint density at radius 1 is 1.07 bits per heavy atom. The molecule has 5 heteroatoms. The number of nitrogens with zero attached hydrogens (tertiary/aromatic N) is 1. The van der Waals surface area contributed by atoms with E-state index in [9.17, 15) is 4.79 Å². The van der Waals surface area contributed by atoms with Crippen molar-refractivity contribution in [2.45, 2.75) is 77.2 Å². The monoisotopic (exact) mass is 404 g/mol. The molecule has 0 bridgehead atoms. The number of unbranched alkanes of at least 4 members (excludes halogenated alkanes) is 5. The van der Waals surface area contributed by atoms with Crippen LogP contribution in [0.2, 0.25) is 0 Å². The van der Waals surface area contributed by atoms with Crippen LogP contribution in [-0.4, -0.2) is 44.3 Å². The van der Waals surface area contributed by atoms with Crippen LogP contribution in [-0.2, 0) is 4.74 Å². The Morgan fingerprint density at radius 2 is 1.79 bits per heavy atom. The van der Waals surface area contributed by atoms with Crippen molar-refractivity contribution < 1.29 is 14.3 Å². The molecule has 0 unspecified atom stereocenters. The smallest absolute Gasteiger partial charge is 0.412 e. The molecule has 1 N–H and O–H groups in total. The molecule has 1 aliphatic carbocycles. The van der Waals surface area contributed by atoms with E-state index in [4.69, 9.17) is 9.47 Å². The van der Waals surface area contributed by atoms with Gasteiger partial charge in [-0.2, -0.15) is 0 Å². The van der Waals surface area contributed by atoms with Gasteiger partial charge in [0.15, 0.2) is 0 Å². The van der Waals surface area contributed by atoms with Gasteiger partial charge in [0, 0.05) is 12.5 Å². The van der Waals surface area contributed by atoms with Crippen molar-refractivity contribution in [2.75, 3.05) is 32.6 Å². The number of benzene rings is 1. The van der Waals surface area contributed by atoms with Crippen molar-refractivity contribution in [1.29, 1.82) is 0 Å². The van der Waals surface area contributed by atoms with E-state index in [2.05, 4.69) is 31.2 Å². The maximum absolute atomic E-state index is 12.5. The number of hydrogen-bond donors (Lipinski definition) is 1. The molecule has 0 aromatic heterocycles. The topological polar surface area (TPSA) is 50.8 Å². The molecule has 1 amide bonds. The molecule has 1 aliphatic rings. The second-order valence-electron chi connectivity index (χ2n) is 8.49. The van der Waals surface area contributed by atoms with Gasteiger partial charge in [-0.1, -0.05) is 57.6 Å². The fourth-order valence-corrected chi connectivity index (χ4v) is 4.04. The van der Waals surface area contributed by atoms with E-state index < -0.39 is 0 Å². The van der Waals surface area contributed by atoms with Crippen molar-refractivity contribution in [3.63, 3.8) is 0 Å². The number of nitrogens with one attached hydrogen (secondary N) is 1. The van der Waals surface area contributed by atoms with Gasteiger partial charge in [-0.15, -0.1) is 0 Å². The molecule has 164 valence electrons. The van der Waals surface area contributed by atoms with Gasteiger partial charge in [0.05, 0.1) is 12.3 Å². The highest BCUT2D eigenvalue weighted by atomic mass is 16.6. The second kappa shape index (κ2) is 13.5. The van der Waals surface area contributed by atoms with Crippen LogP contribution in [0.3, 0.4) is 0 Å². The largest absolute Gasteiger partial charge is 0.491 e. The fraction of sp³-hybridized carbons (Fsp3) is 0.708. The first-order chi connectivity index (χ1) is 14.1. The van der Waals surface area contributed by atoms with Crippen LogP contribution in [0.15, 0.2) is 24.3 Å². The average Bonchev–Trinajstić information content (AvgIpc) is 2.69. The number of anilines is 1. The van der Waals surface area contributed by atoms with Crippen molar-refractivity contribution in [3.05, 3.63) is 24.3 Å². The molecule has 0 heterocycles. The predicted octanol–water partition coefficient (Wildman–Crippen LogP) is 6.09. The van der Waals surface area contributed by atoms with Gasteiger partial charge in [0.25, 0.3) is 0 Å². The Hall–Kier alpha value is -1.75. The summed E-state index contributed by atoms with van der Waals surface area (Å²) in [5.74, 6) is 1.12. The van der Waals surface area contributed by atoms with Crippen LogP contribution in [0.25, 0.3) is 0 Å². The lowest BCUT2D eigenvalue weighted by molar-refractivity contribution is 0.0357. The number of carbonyl (C=O) groups excluding carboxylic acids is 1. The molecular weight excluding hydrogens is 364 g/mol. The molecule has 0 aliphatic heterocycles. The molecule has 1 fully saturated rings. The zero-order chi connectivity index (χ0) is 20.9. The maximum Gasteiger partial charge on any atom is 0.412 e. The lowest BCUT2D eigenvalue weighted by Gasteiger charge is -2.32. The van der Waals surface area contributed by atoms with E-state index in [1.54, 1.807) is 0 Å². The molecule has 5 nitrogen and oxygen atoms in total. The number of para-hydroxylation sites is 2. The lowest BCUT2D eigenvalue weighted by atomic mass is 9.86. The van der Waals surface area contributed by atoms with E-state index in [0.29, 0.717) is 24.0 Å². The maximum atomic E-state index is 12.5. The minimum absolute atomic E-state index is 0.0117. The number of ether oxygens (including phenoxy) is 2. The van der Waals surface area contributed by atoms with Crippen LogP contribution in [0.5, 0.6) is 5.75 Å². The van der Waals surface area contributed by atoms with Crippen LogP contribution < -0.4 is 10.1 Å². The number of amides is 1. The van der Waals surface area contributed by atoms with E-state index in [1.165, 1.54) is 38.5 Å². The summed E-state index contributed by atoms with van der Waals surface area (Å²) in [5, 5.41) is 2.90. The minimum atomic E-state index is -0.378. The summed E-state index contributed by atoms with van der Waals surface area (Å²) in [4.78, 5) is 14.7. The summed E-state index contributed by atoms with van der Waals surface area (Å²) in [6.07, 6.45) is 11.4. The molecule has 1 aromatic rings. The summed E-state index contributed by atoms with van der Waals surface area (Å²) >= 11 is 0. The standard InChI is InChI=1S/C24H40N2O3/c1-4-5-6-7-8-13-18-28-23-17-12-10-15-21(23)25-24(27)29-22-16-11-9-14-20(22)19-26(2)3/h10,12,15,17,20,22H,4-9,11,13-14,16,18-19H2,1-3H3,(H,25,27)/t20-,22+/m0/s1. The quantitative estimate of drug-likeness (QED) is 0.428. The third-order valence-corrected chi connectivity index (χ3v) is 5.58. The molecule has 2 rings (SSSR count). The Balaban J connectivity index is 1.80. The minimum Gasteiger partial charge on any atom is -0.491 e. The highest BCUT2D eigenvalue weighted by molar-refractivity contribution is 5.86. The summed E-state index contributed by atoms with van der Waals surface area (Å²) < 4.78 is 11.7. The first-order valence-corrected chi connectivity index (χ1v) is 11.4. The highest BCUT2D eigenvalue weighted by Crippen LogP contribution is 2.29. The Bertz CT molecular complexity index is 591. The fourth-order valence-electron chi connectivity index (χ4n) is 4.04. The Kier molecular flexibility index (Phi) is 10.9. The van der Waals surface area contributed by atoms with Crippen molar-refractivity contribution >= 4 is 11.8 Å². The number of carbonyl (C=O) groups is 1. The van der Waals surface area contributed by atoms with E-state index in [0.717, 1.165) is 32.2 Å². The van der Waals surface area contributed by atoms with Crippen molar-refractivity contribution in [3.8, 4) is 5.75 Å². The molecule has 0 spiro atoms. The van der Waals surface area contributed by atoms with Gasteiger partial charge >= 0.3 is 6.09 Å². The summed E-state index contributed by atoms with van der Waals surface area (Å²) in [6, 6.07) is 7.61. The first kappa shape index (κ1) is 23.5. The van der Waals surface area contributed by atoms with E-state index in [-0.39, 0.29) is 12.2 Å². The predicted molar refractivity (Wildman–Crippen MR) is 120 cm³/mol. The first-order valence-electron chi connectivity index (χ1n) is 11.4. The van der Waals surface area contributed by atoms with Gasteiger partial charge in [0.2, 0.25) is 0 Å².